The Morgan fingerprint density at radius 1 is 0.946 bits per heavy atom. The largest absolute Gasteiger partial charge is 0.483 e. The summed E-state index contributed by atoms with van der Waals surface area (Å²) < 4.78 is 7.05. The van der Waals surface area contributed by atoms with Gasteiger partial charge in [0.1, 0.15) is 17.4 Å². The van der Waals surface area contributed by atoms with Crippen LogP contribution in [0.15, 0.2) is 95.9 Å². The molecule has 0 fully saturated rings. The third kappa shape index (κ3) is 5.82. The summed E-state index contributed by atoms with van der Waals surface area (Å²) in [6.07, 6.45) is 1.44. The lowest BCUT2D eigenvalue weighted by Crippen LogP contribution is -2.25. The molecule has 7 heteroatoms. The fourth-order valence-electron chi connectivity index (χ4n) is 3.84. The number of nitrogens with zero attached hydrogens (tertiary/aromatic N) is 2. The number of pyridine rings is 1. The van der Waals surface area contributed by atoms with E-state index in [-0.39, 0.29) is 41.0 Å². The number of nitriles is 1. The molecule has 0 saturated carbocycles. The molecular weight excluding hydrogens is 466 g/mol. The zero-order valence-corrected chi connectivity index (χ0v) is 20.5. The Labute approximate surface area is 214 Å². The van der Waals surface area contributed by atoms with Crippen LogP contribution in [0.5, 0.6) is 5.75 Å². The Kier molecular flexibility index (Phi) is 7.60. The summed E-state index contributed by atoms with van der Waals surface area (Å²) in [6, 6.07) is 26.8. The lowest BCUT2D eigenvalue weighted by Gasteiger charge is -2.14. The number of hydrogen-bond donors (Lipinski definition) is 1. The second kappa shape index (κ2) is 11.2. The van der Waals surface area contributed by atoms with E-state index in [1.807, 2.05) is 60.7 Å². The molecule has 0 radical (unpaired) electrons. The zero-order chi connectivity index (χ0) is 26.4. The Morgan fingerprint density at radius 3 is 2.27 bits per heavy atom. The van der Waals surface area contributed by atoms with E-state index < -0.39 is 11.3 Å². The second-order valence-corrected chi connectivity index (χ2v) is 8.67. The fourth-order valence-corrected chi connectivity index (χ4v) is 3.84. The normalized spacial score (nSPS) is 10.5. The molecular formula is C30H25N3O4. The number of nitrogens with one attached hydrogen (secondary N) is 1. The number of benzene rings is 3. The van der Waals surface area contributed by atoms with Gasteiger partial charge in [-0.15, -0.1) is 0 Å². The first-order valence-corrected chi connectivity index (χ1v) is 11.8. The molecule has 1 aromatic heterocycles. The summed E-state index contributed by atoms with van der Waals surface area (Å²) in [7, 11) is 0. The second-order valence-electron chi connectivity index (χ2n) is 8.67. The van der Waals surface area contributed by atoms with Crippen LogP contribution in [0.4, 0.5) is 5.69 Å². The SMILES string of the molecule is CC(C)n1cc(C(=O)c2ccccc2OCC(=O)Nc2ccc(-c3ccccc3)cc2)cc(C#N)c1=O. The van der Waals surface area contributed by atoms with Crippen LogP contribution < -0.4 is 15.6 Å². The van der Waals surface area contributed by atoms with Crippen molar-refractivity contribution in [1.82, 2.24) is 4.57 Å². The highest BCUT2D eigenvalue weighted by atomic mass is 16.5. The van der Waals surface area contributed by atoms with Crippen LogP contribution in [0.3, 0.4) is 0 Å². The van der Waals surface area contributed by atoms with Crippen molar-refractivity contribution < 1.29 is 14.3 Å². The van der Waals surface area contributed by atoms with Crippen LogP contribution in [0.25, 0.3) is 11.1 Å². The van der Waals surface area contributed by atoms with Gasteiger partial charge in [0.05, 0.1) is 5.56 Å². The Morgan fingerprint density at radius 2 is 1.59 bits per heavy atom. The van der Waals surface area contributed by atoms with E-state index in [9.17, 15) is 19.6 Å². The molecule has 0 spiro atoms. The topological polar surface area (TPSA) is 101 Å². The van der Waals surface area contributed by atoms with E-state index in [2.05, 4.69) is 5.32 Å². The van der Waals surface area contributed by atoms with Crippen molar-refractivity contribution in [2.45, 2.75) is 19.9 Å². The summed E-state index contributed by atoms with van der Waals surface area (Å²) in [6.45, 7) is 3.28. The van der Waals surface area contributed by atoms with Gasteiger partial charge in [-0.25, -0.2) is 0 Å². The number of hydrogen-bond acceptors (Lipinski definition) is 5. The molecule has 1 heterocycles. The number of carbonyl (C=O) groups excluding carboxylic acids is 2. The summed E-state index contributed by atoms with van der Waals surface area (Å²) in [5.74, 6) is -0.573. The molecule has 0 atom stereocenters. The van der Waals surface area contributed by atoms with Gasteiger partial charge in [-0.1, -0.05) is 54.6 Å². The summed E-state index contributed by atoms with van der Waals surface area (Å²) in [5, 5.41) is 12.1. The first-order chi connectivity index (χ1) is 17.9. The smallest absolute Gasteiger partial charge is 0.268 e. The third-order valence-electron chi connectivity index (χ3n) is 5.75. The number of anilines is 1. The van der Waals surface area contributed by atoms with Gasteiger partial charge in [0, 0.05) is 23.5 Å². The minimum Gasteiger partial charge on any atom is -0.483 e. The first-order valence-electron chi connectivity index (χ1n) is 11.8. The Bertz CT molecular complexity index is 1530. The van der Waals surface area contributed by atoms with E-state index in [1.54, 1.807) is 38.1 Å². The highest BCUT2D eigenvalue weighted by molar-refractivity contribution is 6.10. The molecule has 1 N–H and O–H groups in total. The molecule has 3 aromatic carbocycles. The van der Waals surface area contributed by atoms with E-state index in [0.717, 1.165) is 11.1 Å². The Balaban J connectivity index is 1.47. The summed E-state index contributed by atoms with van der Waals surface area (Å²) >= 11 is 0. The minimum atomic E-state index is -0.452. The summed E-state index contributed by atoms with van der Waals surface area (Å²) in [5.41, 5.74) is 2.57. The van der Waals surface area contributed by atoms with E-state index in [1.165, 1.54) is 16.8 Å². The predicted octanol–water partition coefficient (Wildman–Crippen LogP) is 5.22. The lowest BCUT2D eigenvalue weighted by atomic mass is 10.0. The number of aromatic nitrogens is 1. The zero-order valence-electron chi connectivity index (χ0n) is 20.5. The lowest BCUT2D eigenvalue weighted by molar-refractivity contribution is -0.118. The maximum atomic E-state index is 13.3. The van der Waals surface area contributed by atoms with E-state index in [4.69, 9.17) is 4.74 Å². The maximum absolute atomic E-state index is 13.3. The highest BCUT2D eigenvalue weighted by Gasteiger charge is 2.19. The van der Waals surface area contributed by atoms with Crippen molar-refractivity contribution in [3.05, 3.63) is 118 Å². The van der Waals surface area contributed by atoms with Crippen LogP contribution in [-0.2, 0) is 4.79 Å². The molecule has 184 valence electrons. The molecule has 0 saturated heterocycles. The first kappa shape index (κ1) is 25.1. The van der Waals surface area contributed by atoms with Gasteiger partial charge in [-0.2, -0.15) is 5.26 Å². The molecule has 0 aliphatic rings. The number of amides is 1. The van der Waals surface area contributed by atoms with Crippen LogP contribution in [0, 0.1) is 11.3 Å². The number of ketones is 1. The number of carbonyl (C=O) groups is 2. The minimum absolute atomic E-state index is 0.115. The van der Waals surface area contributed by atoms with Crippen LogP contribution >= 0.6 is 0 Å². The Hall–Kier alpha value is -4.96. The number of ether oxygens (including phenoxy) is 1. The summed E-state index contributed by atoms with van der Waals surface area (Å²) in [4.78, 5) is 38.2. The molecule has 4 rings (SSSR count). The highest BCUT2D eigenvalue weighted by Crippen LogP contribution is 2.23. The molecule has 0 bridgehead atoms. The van der Waals surface area contributed by atoms with Crippen LogP contribution in [0.2, 0.25) is 0 Å². The predicted molar refractivity (Wildman–Crippen MR) is 142 cm³/mol. The van der Waals surface area contributed by atoms with Gasteiger partial charge < -0.3 is 14.6 Å². The van der Waals surface area contributed by atoms with Crippen molar-refractivity contribution in [1.29, 1.82) is 5.26 Å². The van der Waals surface area contributed by atoms with Crippen LogP contribution in [-0.4, -0.2) is 22.9 Å². The molecule has 0 unspecified atom stereocenters. The monoisotopic (exact) mass is 491 g/mol. The van der Waals surface area contributed by atoms with Crippen molar-refractivity contribution in [2.24, 2.45) is 0 Å². The molecule has 0 aliphatic carbocycles. The van der Waals surface area contributed by atoms with Gasteiger partial charge in [0.15, 0.2) is 12.4 Å². The number of para-hydroxylation sites is 1. The molecule has 0 aliphatic heterocycles. The van der Waals surface area contributed by atoms with Crippen LogP contribution in [0.1, 0.15) is 41.4 Å². The fraction of sp³-hybridized carbons (Fsp3) is 0.133. The quantitative estimate of drug-likeness (QED) is 0.341. The van der Waals surface area contributed by atoms with E-state index >= 15 is 0 Å². The molecule has 1 amide bonds. The van der Waals surface area contributed by atoms with Crippen molar-refractivity contribution in [2.75, 3.05) is 11.9 Å². The standard InChI is InChI=1S/C30H25N3O4/c1-20(2)33-18-24(16-23(17-31)30(33)36)29(35)26-10-6-7-11-27(26)37-19-28(34)32-25-14-12-22(13-15-25)21-8-4-3-5-9-21/h3-16,18,20H,19H2,1-2H3,(H,32,34). The van der Waals surface area contributed by atoms with Gasteiger partial charge in [-0.3, -0.25) is 14.4 Å². The van der Waals surface area contributed by atoms with Gasteiger partial charge >= 0.3 is 0 Å². The molecule has 37 heavy (non-hydrogen) atoms. The van der Waals surface area contributed by atoms with Crippen molar-refractivity contribution >= 4 is 17.4 Å². The molecule has 7 nitrogen and oxygen atoms in total. The van der Waals surface area contributed by atoms with Gasteiger partial charge in [-0.05, 0) is 55.3 Å². The van der Waals surface area contributed by atoms with Gasteiger partial charge in [0.2, 0.25) is 0 Å². The van der Waals surface area contributed by atoms with Crippen molar-refractivity contribution in [3.63, 3.8) is 0 Å². The van der Waals surface area contributed by atoms with E-state index in [0.29, 0.717) is 5.69 Å². The maximum Gasteiger partial charge on any atom is 0.268 e. The average molecular weight is 492 g/mol. The van der Waals surface area contributed by atoms with Crippen molar-refractivity contribution in [3.8, 4) is 22.9 Å². The number of rotatable bonds is 8. The van der Waals surface area contributed by atoms with Gasteiger partial charge in [0.25, 0.3) is 11.5 Å². The molecule has 4 aromatic rings. The average Bonchev–Trinajstić information content (AvgIpc) is 2.92. The third-order valence-corrected chi connectivity index (χ3v) is 5.75.